The van der Waals surface area contributed by atoms with Crippen LogP contribution in [0.2, 0.25) is 0 Å². The van der Waals surface area contributed by atoms with E-state index in [-0.39, 0.29) is 18.2 Å². The van der Waals surface area contributed by atoms with Crippen LogP contribution in [0.25, 0.3) is 0 Å². The average Bonchev–Trinajstić information content (AvgIpc) is 2.63. The third-order valence-corrected chi connectivity index (χ3v) is 4.90. The Morgan fingerprint density at radius 2 is 1.96 bits per heavy atom. The molecular formula is C19H21BrN2O3. The minimum atomic E-state index is -0.151. The van der Waals surface area contributed by atoms with Crippen molar-refractivity contribution in [1.29, 1.82) is 0 Å². The van der Waals surface area contributed by atoms with E-state index >= 15 is 0 Å². The van der Waals surface area contributed by atoms with Gasteiger partial charge in [-0.2, -0.15) is 0 Å². The summed E-state index contributed by atoms with van der Waals surface area (Å²) < 4.78 is 12.2. The number of hydrogen-bond acceptors (Lipinski definition) is 3. The van der Waals surface area contributed by atoms with E-state index in [4.69, 9.17) is 9.47 Å². The van der Waals surface area contributed by atoms with E-state index < -0.39 is 0 Å². The van der Waals surface area contributed by atoms with E-state index in [0.29, 0.717) is 24.6 Å². The van der Waals surface area contributed by atoms with Crippen LogP contribution in [0, 0.1) is 0 Å². The molecule has 1 fully saturated rings. The zero-order valence-electron chi connectivity index (χ0n) is 14.2. The van der Waals surface area contributed by atoms with Crippen LogP contribution >= 0.6 is 15.9 Å². The van der Waals surface area contributed by atoms with Crippen molar-refractivity contribution in [3.8, 4) is 5.75 Å². The highest BCUT2D eigenvalue weighted by atomic mass is 79.9. The van der Waals surface area contributed by atoms with Gasteiger partial charge in [-0.05, 0) is 36.8 Å². The Bertz CT molecular complexity index is 736. The molecule has 1 aliphatic heterocycles. The van der Waals surface area contributed by atoms with Crippen molar-refractivity contribution in [3.05, 3.63) is 58.6 Å². The van der Waals surface area contributed by atoms with Crippen molar-refractivity contribution in [2.45, 2.75) is 19.1 Å². The maximum absolute atomic E-state index is 12.8. The molecule has 132 valence electrons. The van der Waals surface area contributed by atoms with Crippen LogP contribution in [-0.2, 0) is 4.74 Å². The zero-order chi connectivity index (χ0) is 17.8. The normalized spacial score (nSPS) is 20.2. The predicted octanol–water partition coefficient (Wildman–Crippen LogP) is 4.45. The Kier molecular flexibility index (Phi) is 5.60. The molecule has 0 saturated carbocycles. The van der Waals surface area contributed by atoms with Crippen molar-refractivity contribution < 1.29 is 14.3 Å². The standard InChI is InChI=1S/C19H21BrN2O3/c1-13-18(14-7-9-15(20)10-8-14)25-12-11-22(13)19(23)21-16-5-3-4-6-17(16)24-2/h3-10,13,18H,11-12H2,1-2H3,(H,21,23)/t13-,18+/m0/s1. The molecule has 0 unspecified atom stereocenters. The third-order valence-electron chi connectivity index (χ3n) is 4.37. The molecule has 0 radical (unpaired) electrons. The van der Waals surface area contributed by atoms with Crippen molar-refractivity contribution in [2.75, 3.05) is 25.6 Å². The summed E-state index contributed by atoms with van der Waals surface area (Å²) in [6, 6.07) is 15.2. The molecular weight excluding hydrogens is 384 g/mol. The summed E-state index contributed by atoms with van der Waals surface area (Å²) in [4.78, 5) is 14.6. The number of carbonyl (C=O) groups excluding carboxylic acids is 1. The Labute approximate surface area is 156 Å². The fraction of sp³-hybridized carbons (Fsp3) is 0.316. The first-order valence-corrected chi connectivity index (χ1v) is 8.97. The Balaban J connectivity index is 1.75. The van der Waals surface area contributed by atoms with E-state index in [0.717, 1.165) is 10.0 Å². The van der Waals surface area contributed by atoms with Gasteiger partial charge < -0.3 is 19.7 Å². The van der Waals surface area contributed by atoms with Crippen molar-refractivity contribution in [1.82, 2.24) is 4.90 Å². The zero-order valence-corrected chi connectivity index (χ0v) is 15.8. The second-order valence-electron chi connectivity index (χ2n) is 5.91. The van der Waals surface area contributed by atoms with Crippen LogP contribution in [0.3, 0.4) is 0 Å². The van der Waals surface area contributed by atoms with Gasteiger partial charge in [-0.1, -0.05) is 40.2 Å². The molecule has 25 heavy (non-hydrogen) atoms. The summed E-state index contributed by atoms with van der Waals surface area (Å²) in [7, 11) is 1.59. The molecule has 2 amide bonds. The number of morpholine rings is 1. The van der Waals surface area contributed by atoms with Crippen molar-refractivity contribution in [2.24, 2.45) is 0 Å². The van der Waals surface area contributed by atoms with Crippen LogP contribution in [0.15, 0.2) is 53.0 Å². The maximum atomic E-state index is 12.8. The van der Waals surface area contributed by atoms with Gasteiger partial charge in [0.1, 0.15) is 11.9 Å². The number of nitrogens with zero attached hydrogens (tertiary/aromatic N) is 1. The lowest BCUT2D eigenvalue weighted by atomic mass is 10.0. The number of hydrogen-bond donors (Lipinski definition) is 1. The molecule has 1 heterocycles. The number of anilines is 1. The number of amides is 2. The monoisotopic (exact) mass is 404 g/mol. The fourth-order valence-electron chi connectivity index (χ4n) is 3.03. The lowest BCUT2D eigenvalue weighted by Gasteiger charge is -2.39. The Morgan fingerprint density at radius 3 is 2.68 bits per heavy atom. The molecule has 1 saturated heterocycles. The average molecular weight is 405 g/mol. The summed E-state index contributed by atoms with van der Waals surface area (Å²) in [6.07, 6.45) is -0.148. The number of methoxy groups -OCH3 is 1. The number of halogens is 1. The van der Waals surface area contributed by atoms with Gasteiger partial charge in [-0.15, -0.1) is 0 Å². The number of carbonyl (C=O) groups is 1. The number of rotatable bonds is 3. The van der Waals surface area contributed by atoms with Crippen molar-refractivity contribution >= 4 is 27.6 Å². The summed E-state index contributed by atoms with van der Waals surface area (Å²) in [6.45, 7) is 3.06. The van der Waals surface area contributed by atoms with Crippen molar-refractivity contribution in [3.63, 3.8) is 0 Å². The molecule has 1 N–H and O–H groups in total. The highest BCUT2D eigenvalue weighted by molar-refractivity contribution is 9.10. The van der Waals surface area contributed by atoms with Crippen LogP contribution in [0.1, 0.15) is 18.6 Å². The first-order valence-electron chi connectivity index (χ1n) is 8.18. The van der Waals surface area contributed by atoms with Gasteiger partial charge in [0.15, 0.2) is 0 Å². The first-order chi connectivity index (χ1) is 12.1. The molecule has 2 aromatic rings. The van der Waals surface area contributed by atoms with Gasteiger partial charge in [-0.3, -0.25) is 0 Å². The molecule has 0 bridgehead atoms. The van der Waals surface area contributed by atoms with Crippen LogP contribution in [0.5, 0.6) is 5.75 Å². The van der Waals surface area contributed by atoms with Gasteiger partial charge >= 0.3 is 6.03 Å². The topological polar surface area (TPSA) is 50.8 Å². The van der Waals surface area contributed by atoms with E-state index in [1.165, 1.54) is 0 Å². The van der Waals surface area contributed by atoms with Crippen LogP contribution < -0.4 is 10.1 Å². The number of ether oxygens (including phenoxy) is 2. The molecule has 1 aliphatic rings. The molecule has 0 aliphatic carbocycles. The van der Waals surface area contributed by atoms with E-state index in [1.807, 2.05) is 60.4 Å². The molecule has 6 heteroatoms. The van der Waals surface area contributed by atoms with Gasteiger partial charge in [0.25, 0.3) is 0 Å². The maximum Gasteiger partial charge on any atom is 0.322 e. The summed E-state index contributed by atoms with van der Waals surface area (Å²) in [5.74, 6) is 0.640. The third kappa shape index (κ3) is 3.96. The summed E-state index contributed by atoms with van der Waals surface area (Å²) in [5, 5.41) is 2.94. The number of para-hydroxylation sites is 2. The van der Waals surface area contributed by atoms with Gasteiger partial charge in [-0.25, -0.2) is 4.79 Å². The molecule has 2 atom stereocenters. The quantitative estimate of drug-likeness (QED) is 0.821. The highest BCUT2D eigenvalue weighted by Gasteiger charge is 2.33. The fourth-order valence-corrected chi connectivity index (χ4v) is 3.30. The van der Waals surface area contributed by atoms with Gasteiger partial charge in [0, 0.05) is 11.0 Å². The lowest BCUT2D eigenvalue weighted by Crippen LogP contribution is -2.50. The molecule has 2 aromatic carbocycles. The SMILES string of the molecule is COc1ccccc1NC(=O)N1CCO[C@@H](c2ccc(Br)cc2)[C@@H]1C. The Morgan fingerprint density at radius 1 is 1.24 bits per heavy atom. The highest BCUT2D eigenvalue weighted by Crippen LogP contribution is 2.30. The van der Waals surface area contributed by atoms with Gasteiger partial charge in [0.2, 0.25) is 0 Å². The largest absolute Gasteiger partial charge is 0.495 e. The Hall–Kier alpha value is -2.05. The molecule has 3 rings (SSSR count). The van der Waals surface area contributed by atoms with E-state index in [9.17, 15) is 4.79 Å². The summed E-state index contributed by atoms with van der Waals surface area (Å²) >= 11 is 3.44. The number of urea groups is 1. The minimum Gasteiger partial charge on any atom is -0.495 e. The molecule has 5 nitrogen and oxygen atoms in total. The number of benzene rings is 2. The number of nitrogens with one attached hydrogen (secondary N) is 1. The smallest absolute Gasteiger partial charge is 0.322 e. The second kappa shape index (κ2) is 7.89. The molecule has 0 aromatic heterocycles. The van der Waals surface area contributed by atoms with Crippen LogP contribution in [-0.4, -0.2) is 37.2 Å². The van der Waals surface area contributed by atoms with E-state index in [1.54, 1.807) is 7.11 Å². The lowest BCUT2D eigenvalue weighted by molar-refractivity contribution is -0.0478. The summed E-state index contributed by atoms with van der Waals surface area (Å²) in [5.41, 5.74) is 1.72. The minimum absolute atomic E-state index is 0.0790. The first kappa shape index (κ1) is 17.8. The second-order valence-corrected chi connectivity index (χ2v) is 6.82. The van der Waals surface area contributed by atoms with Gasteiger partial charge in [0.05, 0.1) is 25.4 Å². The van der Waals surface area contributed by atoms with Crippen LogP contribution in [0.4, 0.5) is 10.5 Å². The predicted molar refractivity (Wildman–Crippen MR) is 101 cm³/mol. The molecule has 0 spiro atoms. The van der Waals surface area contributed by atoms with E-state index in [2.05, 4.69) is 21.2 Å².